The van der Waals surface area contributed by atoms with Gasteiger partial charge in [0.25, 0.3) is 11.7 Å². The van der Waals surface area contributed by atoms with Gasteiger partial charge in [-0.3, -0.25) is 9.59 Å². The summed E-state index contributed by atoms with van der Waals surface area (Å²) < 4.78 is 17.2. The van der Waals surface area contributed by atoms with Crippen LogP contribution in [0, 0.1) is 0 Å². The average molecular weight is 566 g/mol. The Morgan fingerprint density at radius 1 is 0.973 bits per heavy atom. The fourth-order valence-corrected chi connectivity index (χ4v) is 4.95. The van der Waals surface area contributed by atoms with Crippen molar-refractivity contribution in [1.29, 1.82) is 0 Å². The first-order chi connectivity index (χ1) is 17.7. The monoisotopic (exact) mass is 565 g/mol. The number of hydrogen-bond acceptors (Lipinski definition) is 6. The number of hydrogen-bond donors (Lipinski definition) is 1. The van der Waals surface area contributed by atoms with Crippen molar-refractivity contribution in [2.45, 2.75) is 32.5 Å². The number of aliphatic hydroxyl groups is 1. The molecule has 3 aromatic rings. The highest BCUT2D eigenvalue weighted by atomic mass is 79.9. The topological polar surface area (TPSA) is 85.3 Å². The number of aliphatic hydroxyl groups excluding tert-OH is 1. The van der Waals surface area contributed by atoms with Gasteiger partial charge in [-0.25, -0.2) is 0 Å². The lowest BCUT2D eigenvalue weighted by Crippen LogP contribution is -2.29. The van der Waals surface area contributed by atoms with E-state index in [0.29, 0.717) is 32.8 Å². The van der Waals surface area contributed by atoms with Crippen molar-refractivity contribution < 1.29 is 28.9 Å². The Labute approximate surface area is 224 Å². The molecule has 0 spiro atoms. The number of carbonyl (C=O) groups is 2. The molecular weight excluding hydrogens is 538 g/mol. The Bertz CT molecular complexity index is 1370. The molecule has 8 heteroatoms. The molecule has 1 saturated heterocycles. The Balaban J connectivity index is 1.88. The number of para-hydroxylation sites is 1. The van der Waals surface area contributed by atoms with Crippen LogP contribution in [0.2, 0.25) is 0 Å². The number of halogens is 1. The molecule has 1 amide bonds. The zero-order valence-corrected chi connectivity index (χ0v) is 22.6. The summed E-state index contributed by atoms with van der Waals surface area (Å²) in [6.07, 6.45) is -0.0631. The highest BCUT2D eigenvalue weighted by Gasteiger charge is 2.46. The summed E-state index contributed by atoms with van der Waals surface area (Å²) in [5.74, 6) is 0.0223. The van der Waals surface area contributed by atoms with Crippen LogP contribution in [0.3, 0.4) is 0 Å². The Kier molecular flexibility index (Phi) is 7.88. The lowest BCUT2D eigenvalue weighted by Gasteiger charge is -2.26. The van der Waals surface area contributed by atoms with E-state index in [9.17, 15) is 14.7 Å². The van der Waals surface area contributed by atoms with Crippen molar-refractivity contribution in [2.24, 2.45) is 0 Å². The molecule has 0 aliphatic carbocycles. The number of nitrogens with zero attached hydrogens (tertiary/aromatic N) is 1. The molecule has 0 saturated carbocycles. The lowest BCUT2D eigenvalue weighted by atomic mass is 9.95. The summed E-state index contributed by atoms with van der Waals surface area (Å²) in [5, 5.41) is 11.4. The molecule has 7 nitrogen and oxygen atoms in total. The maximum atomic E-state index is 13.4. The number of amides is 1. The molecule has 4 rings (SSSR count). The molecule has 1 aliphatic heterocycles. The summed E-state index contributed by atoms with van der Waals surface area (Å²) in [5.41, 5.74) is 1.75. The summed E-state index contributed by atoms with van der Waals surface area (Å²) >= 11 is 3.42. The van der Waals surface area contributed by atoms with Crippen molar-refractivity contribution in [3.8, 4) is 17.2 Å². The zero-order chi connectivity index (χ0) is 26.7. The first-order valence-corrected chi connectivity index (χ1v) is 12.5. The van der Waals surface area contributed by atoms with Crippen LogP contribution in [-0.2, 0) is 16.1 Å². The third-order valence-corrected chi connectivity index (χ3v) is 6.66. The van der Waals surface area contributed by atoms with E-state index in [4.69, 9.17) is 14.2 Å². The van der Waals surface area contributed by atoms with E-state index in [-0.39, 0.29) is 24.0 Å². The minimum absolute atomic E-state index is 0.00124. The van der Waals surface area contributed by atoms with Gasteiger partial charge in [-0.2, -0.15) is 0 Å². The van der Waals surface area contributed by atoms with Crippen LogP contribution in [0.4, 0.5) is 0 Å². The Hall–Kier alpha value is -3.78. The SMILES string of the molecule is COc1ccc(/C(O)=C2\C(=O)C(=O)N(Cc3ccccc3OC)C2c2cccc(OC(C)C)c2)cc1Br. The summed E-state index contributed by atoms with van der Waals surface area (Å²) in [4.78, 5) is 28.3. The molecule has 0 radical (unpaired) electrons. The second-order valence-electron chi connectivity index (χ2n) is 8.83. The van der Waals surface area contributed by atoms with E-state index < -0.39 is 17.7 Å². The average Bonchev–Trinajstić information content (AvgIpc) is 3.13. The molecule has 192 valence electrons. The number of methoxy groups -OCH3 is 2. The molecule has 1 fully saturated rings. The third-order valence-electron chi connectivity index (χ3n) is 6.04. The predicted octanol–water partition coefficient (Wildman–Crippen LogP) is 5.88. The minimum Gasteiger partial charge on any atom is -0.507 e. The zero-order valence-electron chi connectivity index (χ0n) is 21.0. The molecule has 1 aliphatic rings. The van der Waals surface area contributed by atoms with E-state index in [2.05, 4.69) is 15.9 Å². The van der Waals surface area contributed by atoms with Gasteiger partial charge in [-0.15, -0.1) is 0 Å². The van der Waals surface area contributed by atoms with Crippen LogP contribution in [0.15, 0.2) is 76.8 Å². The second-order valence-corrected chi connectivity index (χ2v) is 9.68. The molecule has 37 heavy (non-hydrogen) atoms. The van der Waals surface area contributed by atoms with E-state index in [1.807, 2.05) is 44.2 Å². The van der Waals surface area contributed by atoms with Crippen molar-refractivity contribution >= 4 is 33.4 Å². The van der Waals surface area contributed by atoms with Crippen LogP contribution < -0.4 is 14.2 Å². The third kappa shape index (κ3) is 5.34. The van der Waals surface area contributed by atoms with Crippen LogP contribution >= 0.6 is 15.9 Å². The highest BCUT2D eigenvalue weighted by molar-refractivity contribution is 9.10. The maximum Gasteiger partial charge on any atom is 0.295 e. The smallest absolute Gasteiger partial charge is 0.295 e. The van der Waals surface area contributed by atoms with Crippen LogP contribution in [0.1, 0.15) is 36.6 Å². The Morgan fingerprint density at radius 3 is 2.38 bits per heavy atom. The fourth-order valence-electron chi connectivity index (χ4n) is 4.41. The number of Topliss-reactive ketones (excluding diaryl/α,β-unsaturated/α-hetero) is 1. The van der Waals surface area contributed by atoms with Gasteiger partial charge in [0.05, 0.1) is 43.0 Å². The van der Waals surface area contributed by atoms with Crippen molar-refractivity contribution in [2.75, 3.05) is 14.2 Å². The minimum atomic E-state index is -0.846. The van der Waals surface area contributed by atoms with Crippen molar-refractivity contribution in [3.63, 3.8) is 0 Å². The van der Waals surface area contributed by atoms with E-state index in [1.165, 1.54) is 12.0 Å². The van der Waals surface area contributed by atoms with Gasteiger partial charge >= 0.3 is 0 Å². The fraction of sp³-hybridized carbons (Fsp3) is 0.241. The molecule has 1 N–H and O–H groups in total. The lowest BCUT2D eigenvalue weighted by molar-refractivity contribution is -0.140. The van der Waals surface area contributed by atoms with Gasteiger partial charge in [-0.1, -0.05) is 30.3 Å². The number of carbonyl (C=O) groups excluding carboxylic acids is 2. The first-order valence-electron chi connectivity index (χ1n) is 11.8. The molecule has 1 atom stereocenters. The van der Waals surface area contributed by atoms with Crippen LogP contribution in [0.5, 0.6) is 17.2 Å². The van der Waals surface area contributed by atoms with Crippen LogP contribution in [0.25, 0.3) is 5.76 Å². The maximum absolute atomic E-state index is 13.4. The standard InChI is InChI=1S/C29H28BrNO6/c1-17(2)37-21-10-7-9-18(14-21)26-25(27(32)19-12-13-24(36-4)22(30)15-19)28(33)29(34)31(26)16-20-8-5-6-11-23(20)35-3/h5-15,17,26,32H,16H2,1-4H3/b27-25+. The highest BCUT2D eigenvalue weighted by Crippen LogP contribution is 2.42. The number of likely N-dealkylation sites (tertiary alicyclic amines) is 1. The quantitative estimate of drug-likeness (QED) is 0.209. The van der Waals surface area contributed by atoms with Gasteiger partial charge in [0.1, 0.15) is 23.0 Å². The molecular formula is C29H28BrNO6. The number of rotatable bonds is 8. The molecule has 0 aromatic heterocycles. The van der Waals surface area contributed by atoms with E-state index in [1.54, 1.807) is 43.5 Å². The van der Waals surface area contributed by atoms with E-state index in [0.717, 1.165) is 5.56 Å². The summed E-state index contributed by atoms with van der Waals surface area (Å²) in [6, 6.07) is 18.7. The molecule has 1 unspecified atom stereocenters. The number of ketones is 1. The number of ether oxygens (including phenoxy) is 3. The van der Waals surface area contributed by atoms with Crippen LogP contribution in [-0.4, -0.2) is 42.0 Å². The second kappa shape index (κ2) is 11.1. The molecule has 3 aromatic carbocycles. The van der Waals surface area contributed by atoms with Gasteiger partial charge in [0, 0.05) is 11.1 Å². The molecule has 1 heterocycles. The van der Waals surface area contributed by atoms with Gasteiger partial charge in [0.15, 0.2) is 0 Å². The molecule has 0 bridgehead atoms. The normalized spacial score (nSPS) is 16.8. The van der Waals surface area contributed by atoms with Crippen molar-refractivity contribution in [1.82, 2.24) is 4.90 Å². The predicted molar refractivity (Wildman–Crippen MR) is 144 cm³/mol. The summed E-state index contributed by atoms with van der Waals surface area (Å²) in [7, 11) is 3.09. The van der Waals surface area contributed by atoms with Gasteiger partial charge < -0.3 is 24.2 Å². The largest absolute Gasteiger partial charge is 0.507 e. The van der Waals surface area contributed by atoms with Gasteiger partial charge in [-0.05, 0) is 71.7 Å². The van der Waals surface area contributed by atoms with Gasteiger partial charge in [0.2, 0.25) is 0 Å². The summed E-state index contributed by atoms with van der Waals surface area (Å²) in [6.45, 7) is 3.95. The van der Waals surface area contributed by atoms with Crippen molar-refractivity contribution in [3.05, 3.63) is 93.5 Å². The van der Waals surface area contributed by atoms with E-state index >= 15 is 0 Å². The Morgan fingerprint density at radius 2 is 1.70 bits per heavy atom. The first kappa shape index (κ1) is 26.3. The number of benzene rings is 3.